The molecule has 1 rings (SSSR count). The molecule has 5 heteroatoms. The van der Waals surface area contributed by atoms with E-state index in [1.54, 1.807) is 0 Å². The molecule has 1 heterocycles. The van der Waals surface area contributed by atoms with Gasteiger partial charge in [-0.05, 0) is 46.2 Å². The van der Waals surface area contributed by atoms with E-state index >= 15 is 0 Å². The van der Waals surface area contributed by atoms with Crippen LogP contribution in [0.4, 0.5) is 4.79 Å². The fraction of sp³-hybridized carbons (Fsp3) is 0.929. The van der Waals surface area contributed by atoms with Crippen LogP contribution in [0.25, 0.3) is 0 Å². The van der Waals surface area contributed by atoms with Crippen LogP contribution in [0, 0.1) is 5.92 Å². The van der Waals surface area contributed by atoms with Gasteiger partial charge in [-0.1, -0.05) is 6.92 Å². The maximum absolute atomic E-state index is 12.0. The third-order valence-electron chi connectivity index (χ3n) is 3.21. The van der Waals surface area contributed by atoms with Crippen molar-refractivity contribution >= 4 is 6.09 Å². The van der Waals surface area contributed by atoms with E-state index in [4.69, 9.17) is 10.5 Å². The molecule has 1 unspecified atom stereocenters. The van der Waals surface area contributed by atoms with Gasteiger partial charge >= 0.3 is 6.09 Å². The number of nitrogens with two attached hydrogens (primary N) is 1. The van der Waals surface area contributed by atoms with E-state index in [9.17, 15) is 4.79 Å². The molecule has 0 aromatic rings. The van der Waals surface area contributed by atoms with E-state index < -0.39 is 5.60 Å². The Morgan fingerprint density at radius 3 is 2.53 bits per heavy atom. The van der Waals surface area contributed by atoms with Crippen molar-refractivity contribution in [2.45, 2.75) is 39.7 Å². The predicted octanol–water partition coefficient (Wildman–Crippen LogP) is 1.52. The predicted molar refractivity (Wildman–Crippen MR) is 77.1 cm³/mol. The second-order valence-electron chi connectivity index (χ2n) is 6.46. The molecule has 0 saturated carbocycles. The zero-order valence-corrected chi connectivity index (χ0v) is 12.8. The molecule has 0 radical (unpaired) electrons. The number of ether oxygens (including phenoxy) is 1. The van der Waals surface area contributed by atoms with Crippen LogP contribution in [0.3, 0.4) is 0 Å². The summed E-state index contributed by atoms with van der Waals surface area (Å²) in [5.41, 5.74) is 5.24. The van der Waals surface area contributed by atoms with Gasteiger partial charge in [-0.15, -0.1) is 0 Å². The lowest BCUT2D eigenvalue weighted by Crippen LogP contribution is -2.39. The maximum Gasteiger partial charge on any atom is 0.410 e. The fourth-order valence-electron chi connectivity index (χ4n) is 2.18. The van der Waals surface area contributed by atoms with Crippen molar-refractivity contribution in [1.29, 1.82) is 0 Å². The molecule has 0 spiro atoms. The number of hydrogen-bond acceptors (Lipinski definition) is 4. The number of carbonyl (C=O) groups excluding carboxylic acids is 1. The van der Waals surface area contributed by atoms with Gasteiger partial charge in [0, 0.05) is 26.2 Å². The first-order chi connectivity index (χ1) is 8.81. The Balaban J connectivity index is 2.43. The van der Waals surface area contributed by atoms with Crippen molar-refractivity contribution < 1.29 is 9.53 Å². The first kappa shape index (κ1) is 16.2. The molecule has 2 N–H and O–H groups in total. The van der Waals surface area contributed by atoms with Gasteiger partial charge < -0.3 is 20.3 Å². The molecule has 0 aliphatic carbocycles. The summed E-state index contributed by atoms with van der Waals surface area (Å²) in [6.45, 7) is 13.1. The lowest BCUT2D eigenvalue weighted by Gasteiger charge is -2.27. The van der Waals surface area contributed by atoms with Crippen molar-refractivity contribution in [3.63, 3.8) is 0 Å². The molecular weight excluding hydrogens is 242 g/mol. The highest BCUT2D eigenvalue weighted by Gasteiger charge is 2.24. The SMILES string of the molecule is CC(CN)CN1CCCN(C(=O)OC(C)(C)C)CC1. The Bertz CT molecular complexity index is 289. The Morgan fingerprint density at radius 1 is 1.26 bits per heavy atom. The highest BCUT2D eigenvalue weighted by Crippen LogP contribution is 2.12. The molecule has 0 aromatic carbocycles. The number of hydrogen-bond donors (Lipinski definition) is 1. The van der Waals surface area contributed by atoms with Gasteiger partial charge in [0.15, 0.2) is 0 Å². The van der Waals surface area contributed by atoms with Crippen LogP contribution < -0.4 is 5.73 Å². The summed E-state index contributed by atoms with van der Waals surface area (Å²) in [7, 11) is 0. The molecule has 1 amide bonds. The van der Waals surface area contributed by atoms with Crippen LogP contribution in [0.2, 0.25) is 0 Å². The quantitative estimate of drug-likeness (QED) is 0.845. The third kappa shape index (κ3) is 6.25. The zero-order chi connectivity index (χ0) is 14.5. The normalized spacial score (nSPS) is 19.9. The smallest absolute Gasteiger partial charge is 0.410 e. The summed E-state index contributed by atoms with van der Waals surface area (Å²) in [4.78, 5) is 16.2. The molecule has 0 bridgehead atoms. The minimum absolute atomic E-state index is 0.193. The van der Waals surface area contributed by atoms with Crippen LogP contribution in [0.5, 0.6) is 0 Å². The van der Waals surface area contributed by atoms with Gasteiger partial charge in [0.05, 0.1) is 0 Å². The number of nitrogens with zero attached hydrogens (tertiary/aromatic N) is 2. The van der Waals surface area contributed by atoms with Crippen molar-refractivity contribution in [1.82, 2.24) is 9.80 Å². The second-order valence-corrected chi connectivity index (χ2v) is 6.46. The Morgan fingerprint density at radius 2 is 1.95 bits per heavy atom. The van der Waals surface area contributed by atoms with E-state index in [0.717, 1.165) is 39.1 Å². The van der Waals surface area contributed by atoms with Gasteiger partial charge in [-0.25, -0.2) is 4.79 Å². The second kappa shape index (κ2) is 7.10. The van der Waals surface area contributed by atoms with Crippen LogP contribution in [-0.2, 0) is 4.74 Å². The van der Waals surface area contributed by atoms with E-state index in [-0.39, 0.29) is 6.09 Å². The summed E-state index contributed by atoms with van der Waals surface area (Å²) < 4.78 is 5.42. The molecule has 1 aliphatic heterocycles. The maximum atomic E-state index is 12.0. The lowest BCUT2D eigenvalue weighted by molar-refractivity contribution is 0.0257. The summed E-state index contributed by atoms with van der Waals surface area (Å²) in [5, 5.41) is 0. The first-order valence-corrected chi connectivity index (χ1v) is 7.22. The molecule has 112 valence electrons. The Kier molecular flexibility index (Phi) is 6.07. The van der Waals surface area contributed by atoms with E-state index in [1.165, 1.54) is 0 Å². The van der Waals surface area contributed by atoms with Crippen LogP contribution in [0.15, 0.2) is 0 Å². The lowest BCUT2D eigenvalue weighted by atomic mass is 10.1. The molecular formula is C14H29N3O2. The average molecular weight is 271 g/mol. The monoisotopic (exact) mass is 271 g/mol. The molecule has 0 aromatic heterocycles. The van der Waals surface area contributed by atoms with Crippen molar-refractivity contribution in [3.8, 4) is 0 Å². The third-order valence-corrected chi connectivity index (χ3v) is 3.21. The number of amides is 1. The molecule has 1 fully saturated rings. The fourth-order valence-corrected chi connectivity index (χ4v) is 2.18. The molecule has 5 nitrogen and oxygen atoms in total. The van der Waals surface area contributed by atoms with Crippen LogP contribution in [-0.4, -0.2) is 60.8 Å². The Labute approximate surface area is 117 Å². The highest BCUT2D eigenvalue weighted by atomic mass is 16.6. The van der Waals surface area contributed by atoms with Gasteiger partial charge in [0.25, 0.3) is 0 Å². The van der Waals surface area contributed by atoms with Crippen molar-refractivity contribution in [3.05, 3.63) is 0 Å². The van der Waals surface area contributed by atoms with E-state index in [2.05, 4.69) is 11.8 Å². The van der Waals surface area contributed by atoms with Gasteiger partial charge in [0.1, 0.15) is 5.60 Å². The summed E-state index contributed by atoms with van der Waals surface area (Å²) in [6, 6.07) is 0. The topological polar surface area (TPSA) is 58.8 Å². The molecule has 19 heavy (non-hydrogen) atoms. The van der Waals surface area contributed by atoms with Crippen molar-refractivity contribution in [2.75, 3.05) is 39.3 Å². The summed E-state index contributed by atoms with van der Waals surface area (Å²) >= 11 is 0. The summed E-state index contributed by atoms with van der Waals surface area (Å²) in [5.74, 6) is 0.507. The number of rotatable bonds is 3. The van der Waals surface area contributed by atoms with E-state index in [0.29, 0.717) is 12.5 Å². The van der Waals surface area contributed by atoms with Gasteiger partial charge in [-0.2, -0.15) is 0 Å². The zero-order valence-electron chi connectivity index (χ0n) is 12.8. The summed E-state index contributed by atoms with van der Waals surface area (Å²) in [6.07, 6.45) is 0.803. The minimum atomic E-state index is -0.420. The number of carbonyl (C=O) groups is 1. The van der Waals surface area contributed by atoms with Gasteiger partial charge in [-0.3, -0.25) is 0 Å². The molecule has 1 aliphatic rings. The van der Waals surface area contributed by atoms with Crippen LogP contribution >= 0.6 is 0 Å². The average Bonchev–Trinajstić information content (AvgIpc) is 2.52. The highest BCUT2D eigenvalue weighted by molar-refractivity contribution is 5.68. The first-order valence-electron chi connectivity index (χ1n) is 7.22. The van der Waals surface area contributed by atoms with Gasteiger partial charge in [0.2, 0.25) is 0 Å². The largest absolute Gasteiger partial charge is 0.444 e. The Hall–Kier alpha value is -0.810. The van der Waals surface area contributed by atoms with E-state index in [1.807, 2.05) is 25.7 Å². The molecule has 1 saturated heterocycles. The van der Waals surface area contributed by atoms with Crippen molar-refractivity contribution in [2.24, 2.45) is 11.7 Å². The van der Waals surface area contributed by atoms with Crippen LogP contribution in [0.1, 0.15) is 34.1 Å². The molecule has 1 atom stereocenters. The standard InChI is InChI=1S/C14H29N3O2/c1-12(10-15)11-16-6-5-7-17(9-8-16)13(18)19-14(2,3)4/h12H,5-11,15H2,1-4H3. The minimum Gasteiger partial charge on any atom is -0.444 e.